The van der Waals surface area contributed by atoms with E-state index in [1.54, 1.807) is 0 Å². The zero-order chi connectivity index (χ0) is 15.2. The molecule has 0 saturated carbocycles. The number of rotatable bonds is 8. The van der Waals surface area contributed by atoms with Gasteiger partial charge < -0.3 is 15.3 Å². The summed E-state index contributed by atoms with van der Waals surface area (Å²) < 4.78 is 1.04. The topological polar surface area (TPSA) is 60.7 Å². The summed E-state index contributed by atoms with van der Waals surface area (Å²) in [4.78, 5) is 17.0. The Hall–Kier alpha value is -1.07. The van der Waals surface area contributed by atoms with Crippen molar-refractivity contribution in [3.8, 4) is 0 Å². The zero-order valence-corrected chi connectivity index (χ0v) is 14.3. The molecule has 1 unspecified atom stereocenters. The van der Waals surface area contributed by atoms with Crippen molar-refractivity contribution >= 4 is 27.0 Å². The number of hydrogen-bond acceptors (Lipinski definition) is 2. The molecule has 0 aliphatic heterocycles. The Bertz CT molecular complexity index is 632. The molecule has 2 aromatic rings. The lowest BCUT2D eigenvalue weighted by Gasteiger charge is -2.18. The molecule has 116 valence electrons. The number of benzene rings is 1. The monoisotopic (exact) mass is 353 g/mol. The quantitative estimate of drug-likeness (QED) is 0.621. The van der Waals surface area contributed by atoms with E-state index in [0.29, 0.717) is 6.04 Å². The smallest absolute Gasteiger partial charge is 0.313 e. The first kappa shape index (κ1) is 16.3. The maximum Gasteiger partial charge on any atom is 0.323 e. The van der Waals surface area contributed by atoms with Gasteiger partial charge in [-0.15, -0.1) is 0 Å². The standard InChI is InChI=1S/C16H24BrN3O/c1-3-4-5-6-7-8-13(18-2)11-9-14-15(10-12(11)17)20-16(21)19-14/h9-10,13,18H,3-8H2,1-2H3,(H2,19,20,21). The molecule has 0 amide bonds. The average Bonchev–Trinajstić information content (AvgIpc) is 2.81. The van der Waals surface area contributed by atoms with E-state index in [1.807, 2.05) is 13.1 Å². The number of imidazole rings is 1. The zero-order valence-electron chi connectivity index (χ0n) is 12.8. The van der Waals surface area contributed by atoms with Crippen LogP contribution in [0.4, 0.5) is 0 Å². The third-order valence-electron chi connectivity index (χ3n) is 3.95. The molecule has 4 nitrogen and oxygen atoms in total. The van der Waals surface area contributed by atoms with Crippen LogP contribution in [0, 0.1) is 0 Å². The van der Waals surface area contributed by atoms with E-state index < -0.39 is 0 Å². The molecule has 3 N–H and O–H groups in total. The Morgan fingerprint density at radius 3 is 2.48 bits per heavy atom. The normalized spacial score (nSPS) is 12.9. The number of halogens is 1. The second-order valence-electron chi connectivity index (χ2n) is 5.54. The number of aromatic nitrogens is 2. The minimum atomic E-state index is -0.158. The van der Waals surface area contributed by atoms with Gasteiger partial charge in [-0.1, -0.05) is 55.0 Å². The minimum absolute atomic E-state index is 0.158. The Morgan fingerprint density at radius 2 is 1.81 bits per heavy atom. The fourth-order valence-corrected chi connectivity index (χ4v) is 3.37. The lowest BCUT2D eigenvalue weighted by molar-refractivity contribution is 0.500. The molecular weight excluding hydrogens is 330 g/mol. The highest BCUT2D eigenvalue weighted by atomic mass is 79.9. The van der Waals surface area contributed by atoms with E-state index in [2.05, 4.69) is 44.2 Å². The summed E-state index contributed by atoms with van der Waals surface area (Å²) in [5.74, 6) is 0. The Balaban J connectivity index is 2.09. The summed E-state index contributed by atoms with van der Waals surface area (Å²) in [6.07, 6.45) is 7.53. The molecule has 1 aromatic carbocycles. The van der Waals surface area contributed by atoms with Crippen molar-refractivity contribution in [2.45, 2.75) is 51.5 Å². The maximum absolute atomic E-state index is 11.4. The number of hydrogen-bond donors (Lipinski definition) is 3. The Morgan fingerprint density at radius 1 is 1.14 bits per heavy atom. The first-order chi connectivity index (χ1) is 10.2. The van der Waals surface area contributed by atoms with Crippen LogP contribution in [0.15, 0.2) is 21.4 Å². The third-order valence-corrected chi connectivity index (χ3v) is 4.64. The lowest BCUT2D eigenvalue weighted by atomic mass is 9.99. The summed E-state index contributed by atoms with van der Waals surface area (Å²) in [7, 11) is 1.99. The fourth-order valence-electron chi connectivity index (χ4n) is 2.75. The molecule has 0 bridgehead atoms. The summed E-state index contributed by atoms with van der Waals surface area (Å²) in [5, 5.41) is 3.39. The van der Waals surface area contributed by atoms with Crippen LogP contribution in [-0.2, 0) is 0 Å². The average molecular weight is 354 g/mol. The minimum Gasteiger partial charge on any atom is -0.313 e. The van der Waals surface area contributed by atoms with Gasteiger partial charge in [-0.3, -0.25) is 0 Å². The van der Waals surface area contributed by atoms with Crippen LogP contribution < -0.4 is 11.0 Å². The second kappa shape index (κ2) is 7.80. The van der Waals surface area contributed by atoms with Crippen LogP contribution in [0.5, 0.6) is 0 Å². The summed E-state index contributed by atoms with van der Waals surface area (Å²) in [6, 6.07) is 4.35. The Labute approximate surface area is 133 Å². The summed E-state index contributed by atoms with van der Waals surface area (Å²) >= 11 is 3.63. The highest BCUT2D eigenvalue weighted by molar-refractivity contribution is 9.10. The number of aromatic amines is 2. The van der Waals surface area contributed by atoms with Gasteiger partial charge in [0.1, 0.15) is 0 Å². The van der Waals surface area contributed by atoms with E-state index >= 15 is 0 Å². The van der Waals surface area contributed by atoms with Crippen LogP contribution in [-0.4, -0.2) is 17.0 Å². The maximum atomic E-state index is 11.4. The van der Waals surface area contributed by atoms with Crippen molar-refractivity contribution in [1.82, 2.24) is 15.3 Å². The van der Waals surface area contributed by atoms with Gasteiger partial charge in [0.15, 0.2) is 0 Å². The van der Waals surface area contributed by atoms with Gasteiger partial charge in [0.25, 0.3) is 0 Å². The van der Waals surface area contributed by atoms with Crippen molar-refractivity contribution in [2.75, 3.05) is 7.05 Å². The second-order valence-corrected chi connectivity index (χ2v) is 6.40. The van der Waals surface area contributed by atoms with Gasteiger partial charge in [-0.05, 0) is 31.2 Å². The first-order valence-corrected chi connectivity index (χ1v) is 8.53. The predicted molar refractivity (Wildman–Crippen MR) is 91.8 cm³/mol. The highest BCUT2D eigenvalue weighted by Crippen LogP contribution is 2.30. The van der Waals surface area contributed by atoms with Crippen LogP contribution in [0.25, 0.3) is 11.0 Å². The van der Waals surface area contributed by atoms with E-state index in [-0.39, 0.29) is 5.69 Å². The largest absolute Gasteiger partial charge is 0.323 e. The molecule has 0 aliphatic rings. The van der Waals surface area contributed by atoms with Crippen LogP contribution in [0.2, 0.25) is 0 Å². The van der Waals surface area contributed by atoms with Crippen LogP contribution in [0.1, 0.15) is 57.1 Å². The number of unbranched alkanes of at least 4 members (excludes halogenated alkanes) is 4. The number of H-pyrrole nitrogens is 2. The lowest BCUT2D eigenvalue weighted by Crippen LogP contribution is -2.16. The van der Waals surface area contributed by atoms with Crippen molar-refractivity contribution in [3.63, 3.8) is 0 Å². The van der Waals surface area contributed by atoms with Crippen molar-refractivity contribution in [3.05, 3.63) is 32.7 Å². The molecule has 0 saturated heterocycles. The van der Waals surface area contributed by atoms with E-state index in [4.69, 9.17) is 0 Å². The molecule has 0 fully saturated rings. The fraction of sp³-hybridized carbons (Fsp3) is 0.562. The van der Waals surface area contributed by atoms with Crippen LogP contribution in [0.3, 0.4) is 0 Å². The Kier molecular flexibility index (Phi) is 6.06. The van der Waals surface area contributed by atoms with Gasteiger partial charge >= 0.3 is 5.69 Å². The van der Waals surface area contributed by atoms with Crippen molar-refractivity contribution < 1.29 is 0 Å². The van der Waals surface area contributed by atoms with E-state index in [1.165, 1.54) is 37.7 Å². The molecule has 1 aromatic heterocycles. The summed E-state index contributed by atoms with van der Waals surface area (Å²) in [6.45, 7) is 2.24. The molecule has 2 rings (SSSR count). The van der Waals surface area contributed by atoms with Gasteiger partial charge in [0, 0.05) is 10.5 Å². The SMILES string of the molecule is CCCCCCCC(NC)c1cc2[nH]c(=O)[nH]c2cc1Br. The van der Waals surface area contributed by atoms with E-state index in [0.717, 1.165) is 21.9 Å². The van der Waals surface area contributed by atoms with Crippen molar-refractivity contribution in [2.24, 2.45) is 0 Å². The molecule has 0 spiro atoms. The molecule has 0 aliphatic carbocycles. The van der Waals surface area contributed by atoms with Gasteiger partial charge in [0.2, 0.25) is 0 Å². The number of nitrogens with one attached hydrogen (secondary N) is 3. The molecule has 1 atom stereocenters. The van der Waals surface area contributed by atoms with Crippen LogP contribution >= 0.6 is 15.9 Å². The number of fused-ring (bicyclic) bond motifs is 1. The predicted octanol–water partition coefficient (Wildman–Crippen LogP) is 4.24. The van der Waals surface area contributed by atoms with Gasteiger partial charge in [-0.2, -0.15) is 0 Å². The molecule has 1 heterocycles. The molecule has 0 radical (unpaired) electrons. The molecular formula is C16H24BrN3O. The highest BCUT2D eigenvalue weighted by Gasteiger charge is 2.14. The van der Waals surface area contributed by atoms with Gasteiger partial charge in [-0.25, -0.2) is 4.79 Å². The third kappa shape index (κ3) is 4.20. The van der Waals surface area contributed by atoms with Gasteiger partial charge in [0.05, 0.1) is 11.0 Å². The molecule has 5 heteroatoms. The summed E-state index contributed by atoms with van der Waals surface area (Å²) in [5.41, 5.74) is 2.75. The molecule has 21 heavy (non-hydrogen) atoms. The van der Waals surface area contributed by atoms with E-state index in [9.17, 15) is 4.79 Å². The first-order valence-electron chi connectivity index (χ1n) is 7.74. The van der Waals surface area contributed by atoms with Crippen molar-refractivity contribution in [1.29, 1.82) is 0 Å².